The molecule has 1 aliphatic heterocycles. The van der Waals surface area contributed by atoms with Crippen LogP contribution < -0.4 is 5.32 Å². The smallest absolute Gasteiger partial charge is 0.269 e. The second kappa shape index (κ2) is 4.83. The van der Waals surface area contributed by atoms with Crippen molar-refractivity contribution in [1.29, 1.82) is 0 Å². The summed E-state index contributed by atoms with van der Waals surface area (Å²) in [6.07, 6.45) is 1.92. The van der Waals surface area contributed by atoms with Crippen LogP contribution in [-0.4, -0.2) is 33.7 Å². The first-order valence-electron chi connectivity index (χ1n) is 6.85. The summed E-state index contributed by atoms with van der Waals surface area (Å²) in [7, 11) is 0. The van der Waals surface area contributed by atoms with Gasteiger partial charge in [0.05, 0.1) is 11.3 Å². The molecule has 1 saturated carbocycles. The quantitative estimate of drug-likeness (QED) is 0.516. The topological polar surface area (TPSA) is 92.6 Å². The van der Waals surface area contributed by atoms with Gasteiger partial charge in [0.1, 0.15) is 6.04 Å². The Morgan fingerprint density at radius 2 is 2.05 bits per heavy atom. The molecule has 1 aromatic rings. The van der Waals surface area contributed by atoms with Crippen molar-refractivity contribution < 1.29 is 14.5 Å². The highest BCUT2D eigenvalue weighted by Crippen LogP contribution is 2.32. The number of nitrogens with one attached hydrogen (secondary N) is 1. The van der Waals surface area contributed by atoms with Crippen molar-refractivity contribution in [2.75, 3.05) is 5.32 Å². The van der Waals surface area contributed by atoms with Crippen molar-refractivity contribution in [3.05, 3.63) is 33.9 Å². The monoisotopic (exact) mass is 289 g/mol. The Morgan fingerprint density at radius 3 is 2.62 bits per heavy atom. The van der Waals surface area contributed by atoms with Gasteiger partial charge >= 0.3 is 0 Å². The maximum absolute atomic E-state index is 12.2. The Balaban J connectivity index is 1.76. The summed E-state index contributed by atoms with van der Waals surface area (Å²) in [5.74, 6) is -0.334. The van der Waals surface area contributed by atoms with Crippen LogP contribution in [0.3, 0.4) is 0 Å². The lowest BCUT2D eigenvalue weighted by Gasteiger charge is -2.16. The van der Waals surface area contributed by atoms with Crippen LogP contribution >= 0.6 is 0 Å². The third kappa shape index (κ3) is 2.46. The van der Waals surface area contributed by atoms with E-state index in [1.807, 2.05) is 0 Å². The summed E-state index contributed by atoms with van der Waals surface area (Å²) in [5, 5.41) is 13.7. The number of nitro benzene ring substituents is 1. The summed E-state index contributed by atoms with van der Waals surface area (Å²) in [4.78, 5) is 35.7. The van der Waals surface area contributed by atoms with E-state index in [0.29, 0.717) is 11.3 Å². The standard InChI is InChI=1S/C14H15N3O4/c1-8-6-10(17(20)21)4-5-11(8)15-12-7-13(18)16(14(12)19)9-2-3-9/h4-6,9,12,15H,2-3,7H2,1H3. The minimum Gasteiger partial charge on any atom is -0.373 e. The van der Waals surface area contributed by atoms with Crippen LogP contribution in [0.2, 0.25) is 0 Å². The van der Waals surface area contributed by atoms with E-state index in [2.05, 4.69) is 5.32 Å². The molecule has 1 N–H and O–H groups in total. The fraction of sp³-hybridized carbons (Fsp3) is 0.429. The molecule has 1 saturated heterocycles. The maximum Gasteiger partial charge on any atom is 0.269 e. The first kappa shape index (κ1) is 13.5. The molecule has 110 valence electrons. The van der Waals surface area contributed by atoms with Crippen LogP contribution in [0.15, 0.2) is 18.2 Å². The van der Waals surface area contributed by atoms with Crippen molar-refractivity contribution >= 4 is 23.2 Å². The van der Waals surface area contributed by atoms with Crippen LogP contribution in [0.1, 0.15) is 24.8 Å². The molecule has 0 aromatic heterocycles. The number of likely N-dealkylation sites (tertiary alicyclic amines) is 1. The number of amides is 2. The number of non-ortho nitro benzene ring substituents is 1. The average Bonchev–Trinajstić information content (AvgIpc) is 3.20. The summed E-state index contributed by atoms with van der Waals surface area (Å²) in [5.41, 5.74) is 1.32. The predicted octanol–water partition coefficient (Wildman–Crippen LogP) is 1.61. The van der Waals surface area contributed by atoms with Gasteiger partial charge in [0.2, 0.25) is 5.91 Å². The summed E-state index contributed by atoms with van der Waals surface area (Å²) in [6.45, 7) is 1.73. The minimum absolute atomic E-state index is 0.00600. The van der Waals surface area contributed by atoms with E-state index in [1.165, 1.54) is 17.0 Å². The Labute approximate surface area is 121 Å². The molecule has 1 heterocycles. The number of nitrogens with zero attached hydrogens (tertiary/aromatic N) is 2. The van der Waals surface area contributed by atoms with E-state index in [9.17, 15) is 19.7 Å². The first-order valence-corrected chi connectivity index (χ1v) is 6.85. The van der Waals surface area contributed by atoms with Crippen molar-refractivity contribution in [3.8, 4) is 0 Å². The molecule has 7 heteroatoms. The van der Waals surface area contributed by atoms with Gasteiger partial charge < -0.3 is 5.32 Å². The number of imide groups is 1. The third-order valence-electron chi connectivity index (χ3n) is 3.85. The van der Waals surface area contributed by atoms with Crippen LogP contribution in [-0.2, 0) is 9.59 Å². The maximum atomic E-state index is 12.2. The highest BCUT2D eigenvalue weighted by Gasteiger charge is 2.46. The second-order valence-corrected chi connectivity index (χ2v) is 5.49. The summed E-state index contributed by atoms with van der Waals surface area (Å²) in [6, 6.07) is 3.91. The lowest BCUT2D eigenvalue weighted by atomic mass is 10.1. The number of nitro groups is 1. The zero-order chi connectivity index (χ0) is 15.1. The molecular formula is C14H15N3O4. The van der Waals surface area contributed by atoms with Gasteiger partial charge in [-0.25, -0.2) is 0 Å². The Bertz CT molecular complexity index is 639. The van der Waals surface area contributed by atoms with Gasteiger partial charge in [-0.15, -0.1) is 0 Å². The van der Waals surface area contributed by atoms with Crippen molar-refractivity contribution in [2.24, 2.45) is 0 Å². The van der Waals surface area contributed by atoms with Gasteiger partial charge in [0.15, 0.2) is 0 Å². The van der Waals surface area contributed by atoms with Crippen molar-refractivity contribution in [2.45, 2.75) is 38.3 Å². The molecule has 1 atom stereocenters. The molecule has 7 nitrogen and oxygen atoms in total. The molecule has 0 spiro atoms. The normalized spacial score (nSPS) is 21.8. The van der Waals surface area contributed by atoms with E-state index in [0.717, 1.165) is 12.8 Å². The largest absolute Gasteiger partial charge is 0.373 e. The number of benzene rings is 1. The molecule has 0 bridgehead atoms. The van der Waals surface area contributed by atoms with Crippen molar-refractivity contribution in [1.82, 2.24) is 4.90 Å². The van der Waals surface area contributed by atoms with E-state index in [-0.39, 0.29) is 30.0 Å². The molecule has 1 aromatic carbocycles. The SMILES string of the molecule is Cc1cc([N+](=O)[O-])ccc1NC1CC(=O)N(C2CC2)C1=O. The van der Waals surface area contributed by atoms with Crippen LogP contribution in [0.4, 0.5) is 11.4 Å². The zero-order valence-corrected chi connectivity index (χ0v) is 11.5. The average molecular weight is 289 g/mol. The van der Waals surface area contributed by atoms with Crippen LogP contribution in [0, 0.1) is 17.0 Å². The van der Waals surface area contributed by atoms with Gasteiger partial charge in [0, 0.05) is 23.9 Å². The molecule has 3 rings (SSSR count). The molecule has 2 fully saturated rings. The molecular weight excluding hydrogens is 274 g/mol. The third-order valence-corrected chi connectivity index (χ3v) is 3.85. The van der Waals surface area contributed by atoms with E-state index in [4.69, 9.17) is 0 Å². The van der Waals surface area contributed by atoms with Gasteiger partial charge in [-0.05, 0) is 31.4 Å². The predicted molar refractivity (Wildman–Crippen MR) is 74.7 cm³/mol. The summed E-state index contributed by atoms with van der Waals surface area (Å²) >= 11 is 0. The Hall–Kier alpha value is -2.44. The minimum atomic E-state index is -0.571. The zero-order valence-electron chi connectivity index (χ0n) is 11.5. The molecule has 0 radical (unpaired) electrons. The highest BCUT2D eigenvalue weighted by molar-refractivity contribution is 6.07. The number of hydrogen-bond acceptors (Lipinski definition) is 5. The number of rotatable bonds is 4. The van der Waals surface area contributed by atoms with E-state index in [1.54, 1.807) is 13.0 Å². The lowest BCUT2D eigenvalue weighted by Crippen LogP contribution is -2.36. The number of anilines is 1. The van der Waals surface area contributed by atoms with Crippen LogP contribution in [0.25, 0.3) is 0 Å². The molecule has 2 amide bonds. The number of hydrogen-bond donors (Lipinski definition) is 1. The number of aryl methyl sites for hydroxylation is 1. The Morgan fingerprint density at radius 1 is 1.33 bits per heavy atom. The molecule has 21 heavy (non-hydrogen) atoms. The summed E-state index contributed by atoms with van der Waals surface area (Å²) < 4.78 is 0. The number of carbonyl (C=O) groups excluding carboxylic acids is 2. The number of carbonyl (C=O) groups is 2. The molecule has 2 aliphatic rings. The lowest BCUT2D eigenvalue weighted by molar-refractivity contribution is -0.384. The van der Waals surface area contributed by atoms with Gasteiger partial charge in [0.25, 0.3) is 11.6 Å². The Kier molecular flexibility index (Phi) is 3.12. The first-order chi connectivity index (χ1) is 9.97. The fourth-order valence-corrected chi connectivity index (χ4v) is 2.59. The van der Waals surface area contributed by atoms with Gasteiger partial charge in [-0.1, -0.05) is 0 Å². The van der Waals surface area contributed by atoms with Crippen molar-refractivity contribution in [3.63, 3.8) is 0 Å². The van der Waals surface area contributed by atoms with E-state index < -0.39 is 11.0 Å². The van der Waals surface area contributed by atoms with Crippen LogP contribution in [0.5, 0.6) is 0 Å². The van der Waals surface area contributed by atoms with E-state index >= 15 is 0 Å². The van der Waals surface area contributed by atoms with Gasteiger partial charge in [-0.3, -0.25) is 24.6 Å². The van der Waals surface area contributed by atoms with Gasteiger partial charge in [-0.2, -0.15) is 0 Å². The fourth-order valence-electron chi connectivity index (χ4n) is 2.59. The molecule has 1 unspecified atom stereocenters. The second-order valence-electron chi connectivity index (χ2n) is 5.49. The molecule has 1 aliphatic carbocycles. The highest BCUT2D eigenvalue weighted by atomic mass is 16.6.